The van der Waals surface area contributed by atoms with Gasteiger partial charge in [0.2, 0.25) is 10.0 Å². The van der Waals surface area contributed by atoms with Gasteiger partial charge in [-0.15, -0.1) is 0 Å². The van der Waals surface area contributed by atoms with Crippen LogP contribution in [-0.4, -0.2) is 56.3 Å². The third-order valence-electron chi connectivity index (χ3n) is 6.64. The molecule has 6 nitrogen and oxygen atoms in total. The van der Waals surface area contributed by atoms with E-state index in [1.54, 1.807) is 29.6 Å². The lowest BCUT2D eigenvalue weighted by Crippen LogP contribution is -2.38. The van der Waals surface area contributed by atoms with Crippen molar-refractivity contribution in [2.45, 2.75) is 56.4 Å². The van der Waals surface area contributed by atoms with E-state index in [1.807, 2.05) is 30.0 Å². The number of aryl methyl sites for hydroxylation is 1. The number of ether oxygens (including phenoxy) is 1. The summed E-state index contributed by atoms with van der Waals surface area (Å²) in [4.78, 5) is 15.7. The van der Waals surface area contributed by atoms with Crippen molar-refractivity contribution < 1.29 is 17.9 Å². The number of amides is 1. The average Bonchev–Trinajstić information content (AvgIpc) is 3.27. The van der Waals surface area contributed by atoms with Crippen molar-refractivity contribution in [1.82, 2.24) is 9.21 Å². The summed E-state index contributed by atoms with van der Waals surface area (Å²) in [6, 6.07) is 13.0. The molecule has 2 heterocycles. The van der Waals surface area contributed by atoms with Crippen LogP contribution in [0.1, 0.15) is 53.6 Å². The molecule has 2 aromatic carbocycles. The molecule has 2 aliphatic heterocycles. The number of hydrogen-bond acceptors (Lipinski definition) is 4. The highest BCUT2D eigenvalue weighted by Crippen LogP contribution is 2.28. The first kappa shape index (κ1) is 22.8. The number of methoxy groups -OCH3 is 1. The van der Waals surface area contributed by atoms with Gasteiger partial charge >= 0.3 is 0 Å². The van der Waals surface area contributed by atoms with E-state index in [2.05, 4.69) is 6.07 Å². The SMILES string of the molecule is COc1cccc(CC2CCCN2C(=O)c2cc(S(=O)(=O)N3CCCCC3)ccc2C)c1. The summed E-state index contributed by atoms with van der Waals surface area (Å²) in [5.41, 5.74) is 2.42. The molecule has 0 saturated carbocycles. The maximum absolute atomic E-state index is 13.5. The van der Waals surface area contributed by atoms with E-state index in [9.17, 15) is 13.2 Å². The Bertz CT molecular complexity index is 1080. The molecule has 2 saturated heterocycles. The lowest BCUT2D eigenvalue weighted by molar-refractivity contribution is 0.0735. The summed E-state index contributed by atoms with van der Waals surface area (Å²) < 4.78 is 33.2. The molecule has 1 unspecified atom stereocenters. The first-order valence-corrected chi connectivity index (χ1v) is 12.9. The summed E-state index contributed by atoms with van der Waals surface area (Å²) in [5, 5.41) is 0. The lowest BCUT2D eigenvalue weighted by atomic mass is 10.0. The molecule has 2 aliphatic rings. The van der Waals surface area contributed by atoms with Gasteiger partial charge in [0.05, 0.1) is 12.0 Å². The Morgan fingerprint density at radius 2 is 1.81 bits per heavy atom. The summed E-state index contributed by atoms with van der Waals surface area (Å²) in [7, 11) is -1.93. The average molecular weight is 457 g/mol. The minimum absolute atomic E-state index is 0.0800. The number of hydrogen-bond donors (Lipinski definition) is 0. The van der Waals surface area contributed by atoms with Gasteiger partial charge in [0, 0.05) is 31.2 Å². The fourth-order valence-corrected chi connectivity index (χ4v) is 6.33. The Hall–Kier alpha value is -2.38. The van der Waals surface area contributed by atoms with Gasteiger partial charge < -0.3 is 9.64 Å². The predicted molar refractivity (Wildman–Crippen MR) is 125 cm³/mol. The minimum Gasteiger partial charge on any atom is -0.497 e. The molecule has 1 atom stereocenters. The first-order valence-electron chi connectivity index (χ1n) is 11.4. The van der Waals surface area contributed by atoms with Crippen LogP contribution in [0.25, 0.3) is 0 Å². The van der Waals surface area contributed by atoms with Crippen LogP contribution in [0, 0.1) is 6.92 Å². The zero-order chi connectivity index (χ0) is 22.7. The number of carbonyl (C=O) groups is 1. The van der Waals surface area contributed by atoms with Crippen LogP contribution in [0.3, 0.4) is 0 Å². The van der Waals surface area contributed by atoms with Crippen LogP contribution in [-0.2, 0) is 16.4 Å². The highest BCUT2D eigenvalue weighted by molar-refractivity contribution is 7.89. The number of piperidine rings is 1. The fraction of sp³-hybridized carbons (Fsp3) is 0.480. The molecule has 2 aromatic rings. The van der Waals surface area contributed by atoms with Crippen molar-refractivity contribution in [3.63, 3.8) is 0 Å². The number of sulfonamides is 1. The second-order valence-electron chi connectivity index (χ2n) is 8.79. The number of benzene rings is 2. The molecule has 1 amide bonds. The zero-order valence-electron chi connectivity index (χ0n) is 18.9. The smallest absolute Gasteiger partial charge is 0.254 e. The summed E-state index contributed by atoms with van der Waals surface area (Å²) >= 11 is 0. The normalized spacial score (nSPS) is 19.8. The molecule has 0 aliphatic carbocycles. The predicted octanol–water partition coefficient (Wildman–Crippen LogP) is 4.03. The molecule has 0 aromatic heterocycles. The number of rotatable bonds is 6. The zero-order valence-corrected chi connectivity index (χ0v) is 19.7. The Morgan fingerprint density at radius 1 is 1.03 bits per heavy atom. The van der Waals surface area contributed by atoms with Crippen LogP contribution in [0.5, 0.6) is 5.75 Å². The van der Waals surface area contributed by atoms with Crippen LogP contribution >= 0.6 is 0 Å². The summed E-state index contributed by atoms with van der Waals surface area (Å²) in [6.45, 7) is 3.66. The standard InChI is InChI=1S/C25H32N2O4S/c1-19-11-12-23(32(29,30)26-13-4-3-5-14-26)18-24(19)25(28)27-15-7-9-21(27)16-20-8-6-10-22(17-20)31-2/h6,8,10-12,17-18,21H,3-5,7,9,13-16H2,1-2H3. The van der Waals surface area contributed by atoms with Crippen molar-refractivity contribution in [2.75, 3.05) is 26.7 Å². The fourth-order valence-electron chi connectivity index (χ4n) is 4.79. The number of nitrogens with zero attached hydrogens (tertiary/aromatic N) is 2. The van der Waals surface area contributed by atoms with Gasteiger partial charge in [-0.25, -0.2) is 8.42 Å². The van der Waals surface area contributed by atoms with Crippen LogP contribution < -0.4 is 4.74 Å². The van der Waals surface area contributed by atoms with Gasteiger partial charge in [-0.3, -0.25) is 4.79 Å². The van der Waals surface area contributed by atoms with E-state index < -0.39 is 10.0 Å². The number of likely N-dealkylation sites (tertiary alicyclic amines) is 1. The van der Waals surface area contributed by atoms with Gasteiger partial charge in [0.1, 0.15) is 5.75 Å². The molecule has 0 radical (unpaired) electrons. The van der Waals surface area contributed by atoms with Crippen molar-refractivity contribution in [1.29, 1.82) is 0 Å². The van der Waals surface area contributed by atoms with Gasteiger partial charge in [-0.05, 0) is 74.4 Å². The van der Waals surface area contributed by atoms with Crippen molar-refractivity contribution >= 4 is 15.9 Å². The molecule has 2 fully saturated rings. The topological polar surface area (TPSA) is 66.9 Å². The van der Waals surface area contributed by atoms with Gasteiger partial charge in [-0.2, -0.15) is 4.31 Å². The lowest BCUT2D eigenvalue weighted by Gasteiger charge is -2.27. The molecule has 7 heteroatoms. The Balaban J connectivity index is 1.57. The van der Waals surface area contributed by atoms with Gasteiger partial charge in [-0.1, -0.05) is 24.6 Å². The quantitative estimate of drug-likeness (QED) is 0.658. The van der Waals surface area contributed by atoms with Crippen molar-refractivity contribution in [3.8, 4) is 5.75 Å². The molecule has 0 bridgehead atoms. The monoisotopic (exact) mass is 456 g/mol. The molecule has 0 spiro atoms. The van der Waals surface area contributed by atoms with Gasteiger partial charge in [0.15, 0.2) is 0 Å². The van der Waals surface area contributed by atoms with Crippen LogP contribution in [0.2, 0.25) is 0 Å². The Kier molecular flexibility index (Phi) is 6.86. The molecule has 4 rings (SSSR count). The summed E-state index contributed by atoms with van der Waals surface area (Å²) in [6.07, 6.45) is 5.48. The molecule has 0 N–H and O–H groups in total. The largest absolute Gasteiger partial charge is 0.497 e. The second-order valence-corrected chi connectivity index (χ2v) is 10.7. The minimum atomic E-state index is -3.58. The van der Waals surface area contributed by atoms with Crippen molar-refractivity contribution in [2.24, 2.45) is 0 Å². The van der Waals surface area contributed by atoms with E-state index in [0.29, 0.717) is 25.2 Å². The van der Waals surface area contributed by atoms with Crippen LogP contribution in [0.15, 0.2) is 47.4 Å². The Morgan fingerprint density at radius 3 is 2.56 bits per heavy atom. The second kappa shape index (κ2) is 9.63. The highest BCUT2D eigenvalue weighted by Gasteiger charge is 2.32. The van der Waals surface area contributed by atoms with Crippen LogP contribution in [0.4, 0.5) is 0 Å². The third kappa shape index (κ3) is 4.69. The maximum Gasteiger partial charge on any atom is 0.254 e. The van der Waals surface area contributed by atoms with E-state index >= 15 is 0 Å². The highest BCUT2D eigenvalue weighted by atomic mass is 32.2. The Labute approximate surface area is 191 Å². The van der Waals surface area contributed by atoms with E-state index in [1.165, 1.54) is 0 Å². The molecular weight excluding hydrogens is 424 g/mol. The third-order valence-corrected chi connectivity index (χ3v) is 8.53. The van der Waals surface area contributed by atoms with Gasteiger partial charge in [0.25, 0.3) is 5.91 Å². The first-order chi connectivity index (χ1) is 15.4. The molecular formula is C25H32N2O4S. The molecule has 172 valence electrons. The van der Waals surface area contributed by atoms with E-state index in [0.717, 1.165) is 55.4 Å². The van der Waals surface area contributed by atoms with Crippen molar-refractivity contribution in [3.05, 3.63) is 59.2 Å². The van der Waals surface area contributed by atoms with E-state index in [4.69, 9.17) is 4.74 Å². The summed E-state index contributed by atoms with van der Waals surface area (Å²) in [5.74, 6) is 0.730. The maximum atomic E-state index is 13.5. The molecule has 32 heavy (non-hydrogen) atoms. The van der Waals surface area contributed by atoms with E-state index in [-0.39, 0.29) is 16.8 Å². The number of carbonyl (C=O) groups excluding carboxylic acids is 1.